The van der Waals surface area contributed by atoms with Crippen molar-refractivity contribution in [1.82, 2.24) is 10.2 Å². The highest BCUT2D eigenvalue weighted by Gasteiger charge is 2.37. The molecule has 3 N–H and O–H groups in total. The molecule has 4 rings (SSSR count). The van der Waals surface area contributed by atoms with E-state index < -0.39 is 23.8 Å². The molecular formula is C42H53N3O5. The summed E-state index contributed by atoms with van der Waals surface area (Å²) < 4.78 is 5.60. The summed E-state index contributed by atoms with van der Waals surface area (Å²) in [5.41, 5.74) is 3.12. The van der Waals surface area contributed by atoms with Crippen LogP contribution in [0.15, 0.2) is 84.9 Å². The fraction of sp³-hybridized carbons (Fsp3) is 0.405. The summed E-state index contributed by atoms with van der Waals surface area (Å²) in [5.74, 6) is -0.627. The smallest absolute Gasteiger partial charge is 0.408 e. The number of phenolic OH excluding ortho intramolecular Hbond substituents is 1. The van der Waals surface area contributed by atoms with Crippen LogP contribution >= 0.6 is 0 Å². The van der Waals surface area contributed by atoms with Crippen LogP contribution in [-0.2, 0) is 20.7 Å². The number of aromatic hydroxyl groups is 1. The lowest BCUT2D eigenvalue weighted by atomic mass is 9.92. The first-order chi connectivity index (χ1) is 23.9. The molecule has 3 amide bonds. The maximum absolute atomic E-state index is 15.0. The fourth-order valence-corrected chi connectivity index (χ4v) is 6.31. The van der Waals surface area contributed by atoms with Crippen molar-refractivity contribution in [2.45, 2.75) is 104 Å². The molecule has 50 heavy (non-hydrogen) atoms. The Morgan fingerprint density at radius 2 is 1.44 bits per heavy atom. The normalized spacial score (nSPS) is 12.6. The minimum Gasteiger partial charge on any atom is -0.508 e. The van der Waals surface area contributed by atoms with Gasteiger partial charge in [0, 0.05) is 18.7 Å². The highest BCUT2D eigenvalue weighted by molar-refractivity contribution is 6.00. The van der Waals surface area contributed by atoms with Crippen molar-refractivity contribution in [3.05, 3.63) is 107 Å². The third-order valence-corrected chi connectivity index (χ3v) is 8.79. The van der Waals surface area contributed by atoms with Crippen molar-refractivity contribution in [3.63, 3.8) is 0 Å². The Morgan fingerprint density at radius 3 is 2.10 bits per heavy atom. The molecule has 0 heterocycles. The molecule has 2 atom stereocenters. The highest BCUT2D eigenvalue weighted by Crippen LogP contribution is 2.31. The summed E-state index contributed by atoms with van der Waals surface area (Å²) in [5, 5.41) is 17.9. The van der Waals surface area contributed by atoms with Gasteiger partial charge in [-0.15, -0.1) is 0 Å². The molecule has 0 saturated heterocycles. The Labute approximate surface area is 297 Å². The number of aryl methyl sites for hydroxylation is 2. The molecule has 0 aliphatic heterocycles. The van der Waals surface area contributed by atoms with E-state index in [1.165, 1.54) is 0 Å². The number of hydrogen-bond donors (Lipinski definition) is 3. The zero-order valence-corrected chi connectivity index (χ0v) is 30.4. The summed E-state index contributed by atoms with van der Waals surface area (Å²) in [6, 6.07) is 24.1. The summed E-state index contributed by atoms with van der Waals surface area (Å²) in [6.45, 7) is 11.7. The van der Waals surface area contributed by atoms with Gasteiger partial charge in [-0.25, -0.2) is 4.79 Å². The Bertz CT molecular complexity index is 1720. The number of benzene rings is 4. The molecule has 4 aromatic rings. The monoisotopic (exact) mass is 679 g/mol. The van der Waals surface area contributed by atoms with E-state index in [4.69, 9.17) is 4.74 Å². The first-order valence-electron chi connectivity index (χ1n) is 17.8. The number of carbonyl (C=O) groups excluding carboxylic acids is 3. The Hall–Kier alpha value is -4.85. The average molecular weight is 680 g/mol. The van der Waals surface area contributed by atoms with Gasteiger partial charge in [0.05, 0.1) is 0 Å². The van der Waals surface area contributed by atoms with Gasteiger partial charge in [0.15, 0.2) is 0 Å². The molecule has 0 aromatic heterocycles. The van der Waals surface area contributed by atoms with Crippen molar-refractivity contribution in [3.8, 4) is 5.75 Å². The van der Waals surface area contributed by atoms with E-state index in [0.29, 0.717) is 18.7 Å². The van der Waals surface area contributed by atoms with Gasteiger partial charge in [0.1, 0.15) is 23.4 Å². The van der Waals surface area contributed by atoms with Gasteiger partial charge >= 0.3 is 6.09 Å². The molecule has 2 unspecified atom stereocenters. The minimum atomic E-state index is -1.05. The second kappa shape index (κ2) is 17.7. The van der Waals surface area contributed by atoms with E-state index in [1.807, 2.05) is 74.5 Å². The molecule has 0 radical (unpaired) electrons. The fourth-order valence-electron chi connectivity index (χ4n) is 6.31. The van der Waals surface area contributed by atoms with Crippen molar-refractivity contribution in [2.75, 3.05) is 11.9 Å². The third-order valence-electron chi connectivity index (χ3n) is 8.79. The summed E-state index contributed by atoms with van der Waals surface area (Å²) in [7, 11) is 0. The molecule has 0 bridgehead atoms. The summed E-state index contributed by atoms with van der Waals surface area (Å²) in [6.07, 6.45) is 5.42. The van der Waals surface area contributed by atoms with Gasteiger partial charge in [-0.2, -0.15) is 0 Å². The molecule has 0 spiro atoms. The van der Waals surface area contributed by atoms with Gasteiger partial charge in [-0.1, -0.05) is 99.7 Å². The summed E-state index contributed by atoms with van der Waals surface area (Å²) in [4.78, 5) is 44.5. The lowest BCUT2D eigenvalue weighted by Gasteiger charge is -2.36. The van der Waals surface area contributed by atoms with Crippen LogP contribution in [0.3, 0.4) is 0 Å². The minimum absolute atomic E-state index is 0.0990. The standard InChI is InChI=1S/C42H53N3O5/c1-7-8-9-10-11-14-26-45(40(48)36(44-41(49)50-42(4,5)6)27-31-20-24-35(46)25-21-31)38(37-29(2)16-15-17-30(37)3)39(47)43-34-23-22-32-18-12-13-19-33(32)28-34/h12-13,15-25,28,36,38,46H,7-11,14,26-27H2,1-6H3,(H,43,47)(H,44,49). The SMILES string of the molecule is CCCCCCCCN(C(=O)C(Cc1ccc(O)cc1)NC(=O)OC(C)(C)C)C(C(=O)Nc1ccc2ccccc2c1)c1c(C)cccc1C. The van der Waals surface area contributed by atoms with Gasteiger partial charge in [0.2, 0.25) is 5.91 Å². The van der Waals surface area contributed by atoms with Crippen LogP contribution in [0, 0.1) is 13.8 Å². The van der Waals surface area contributed by atoms with Crippen LogP contribution in [0.2, 0.25) is 0 Å². The predicted molar refractivity (Wildman–Crippen MR) is 201 cm³/mol. The van der Waals surface area contributed by atoms with Crippen LogP contribution in [0.4, 0.5) is 10.5 Å². The molecule has 8 nitrogen and oxygen atoms in total. The zero-order chi connectivity index (χ0) is 36.3. The van der Waals surface area contributed by atoms with Crippen LogP contribution in [0.5, 0.6) is 5.75 Å². The number of alkyl carbamates (subject to hydrolysis) is 1. The van der Waals surface area contributed by atoms with Crippen molar-refractivity contribution < 1.29 is 24.2 Å². The molecule has 0 aliphatic carbocycles. The quantitative estimate of drug-likeness (QED) is 0.109. The number of amides is 3. The predicted octanol–water partition coefficient (Wildman–Crippen LogP) is 9.17. The Morgan fingerprint density at radius 1 is 0.800 bits per heavy atom. The number of carbonyl (C=O) groups is 3. The van der Waals surface area contributed by atoms with Gasteiger partial charge in [-0.05, 0) is 98.3 Å². The molecular weight excluding hydrogens is 626 g/mol. The molecule has 4 aromatic carbocycles. The number of ether oxygens (including phenoxy) is 1. The largest absolute Gasteiger partial charge is 0.508 e. The number of anilines is 1. The van der Waals surface area contributed by atoms with E-state index in [1.54, 1.807) is 49.9 Å². The maximum Gasteiger partial charge on any atom is 0.408 e. The van der Waals surface area contributed by atoms with Gasteiger partial charge in [-0.3, -0.25) is 9.59 Å². The number of unbranched alkanes of at least 4 members (excludes halogenated alkanes) is 5. The molecule has 8 heteroatoms. The first-order valence-corrected chi connectivity index (χ1v) is 17.8. The maximum atomic E-state index is 15.0. The Balaban J connectivity index is 1.78. The van der Waals surface area contributed by atoms with E-state index in [-0.39, 0.29) is 24.0 Å². The lowest BCUT2D eigenvalue weighted by molar-refractivity contribution is -0.141. The second-order valence-corrected chi connectivity index (χ2v) is 14.1. The number of nitrogens with one attached hydrogen (secondary N) is 2. The van der Waals surface area contributed by atoms with E-state index in [2.05, 4.69) is 17.6 Å². The van der Waals surface area contributed by atoms with Crippen LogP contribution < -0.4 is 10.6 Å². The van der Waals surface area contributed by atoms with Crippen molar-refractivity contribution >= 4 is 34.4 Å². The molecule has 0 fully saturated rings. The number of rotatable bonds is 15. The lowest BCUT2D eigenvalue weighted by Crippen LogP contribution is -2.53. The molecule has 0 saturated carbocycles. The highest BCUT2D eigenvalue weighted by atomic mass is 16.6. The topological polar surface area (TPSA) is 108 Å². The van der Waals surface area contributed by atoms with Gasteiger partial charge < -0.3 is 25.4 Å². The third kappa shape index (κ3) is 10.8. The zero-order valence-electron chi connectivity index (χ0n) is 30.4. The van der Waals surface area contributed by atoms with E-state index in [9.17, 15) is 19.5 Å². The van der Waals surface area contributed by atoms with Crippen LogP contribution in [0.25, 0.3) is 10.8 Å². The van der Waals surface area contributed by atoms with Crippen molar-refractivity contribution in [1.29, 1.82) is 0 Å². The number of hydrogen-bond acceptors (Lipinski definition) is 5. The van der Waals surface area contributed by atoms with Crippen LogP contribution in [0.1, 0.15) is 94.5 Å². The van der Waals surface area contributed by atoms with Crippen molar-refractivity contribution in [2.24, 2.45) is 0 Å². The Kier molecular flexibility index (Phi) is 13.4. The van der Waals surface area contributed by atoms with Crippen LogP contribution in [-0.4, -0.2) is 46.1 Å². The first kappa shape index (κ1) is 38.0. The van der Waals surface area contributed by atoms with E-state index >= 15 is 0 Å². The van der Waals surface area contributed by atoms with E-state index in [0.717, 1.165) is 65.1 Å². The average Bonchev–Trinajstić information content (AvgIpc) is 3.06. The molecule has 266 valence electrons. The summed E-state index contributed by atoms with van der Waals surface area (Å²) >= 11 is 0. The van der Waals surface area contributed by atoms with Gasteiger partial charge in [0.25, 0.3) is 5.91 Å². The number of nitrogens with zero attached hydrogens (tertiary/aromatic N) is 1. The second-order valence-electron chi connectivity index (χ2n) is 14.1. The molecule has 0 aliphatic rings. The number of phenols is 1. The number of fused-ring (bicyclic) bond motifs is 1.